The van der Waals surface area contributed by atoms with Crippen LogP contribution in [0.3, 0.4) is 0 Å². The van der Waals surface area contributed by atoms with Crippen LogP contribution in [0, 0.1) is 5.92 Å². The summed E-state index contributed by atoms with van der Waals surface area (Å²) in [7, 11) is 1.39. The molecule has 2 aliphatic rings. The van der Waals surface area contributed by atoms with Crippen molar-refractivity contribution in [3.05, 3.63) is 77.4 Å². The van der Waals surface area contributed by atoms with Crippen LogP contribution in [0.2, 0.25) is 0 Å². The Kier molecular flexibility index (Phi) is 11.6. The molecular formula is C34H42N6O7. The van der Waals surface area contributed by atoms with Crippen molar-refractivity contribution in [1.82, 2.24) is 21.3 Å². The van der Waals surface area contributed by atoms with E-state index in [2.05, 4.69) is 21.3 Å². The lowest BCUT2D eigenvalue weighted by atomic mass is 9.99. The first-order valence-corrected chi connectivity index (χ1v) is 15.3. The van der Waals surface area contributed by atoms with Crippen molar-refractivity contribution in [1.29, 1.82) is 0 Å². The van der Waals surface area contributed by atoms with Gasteiger partial charge in [0.05, 0.1) is 19.3 Å². The molecule has 3 aromatic carbocycles. The van der Waals surface area contributed by atoms with Crippen molar-refractivity contribution in [3.63, 3.8) is 0 Å². The zero-order valence-corrected chi connectivity index (χ0v) is 26.7. The van der Waals surface area contributed by atoms with Crippen LogP contribution in [0.5, 0.6) is 23.0 Å². The van der Waals surface area contributed by atoms with Crippen LogP contribution < -0.4 is 42.2 Å². The highest BCUT2D eigenvalue weighted by atomic mass is 16.5. The van der Waals surface area contributed by atoms with E-state index in [1.807, 2.05) is 44.2 Å². The average molecular weight is 647 g/mol. The molecule has 0 spiro atoms. The Balaban J connectivity index is 1.74. The van der Waals surface area contributed by atoms with Gasteiger partial charge in [-0.15, -0.1) is 0 Å². The first-order chi connectivity index (χ1) is 22.5. The number of ether oxygens (including phenoxy) is 2. The SMILES string of the molecule is COc1c(O)cc2cc1Oc1ccc(cc1N)C[C@H](NC(=O)[C@H](CC(C)C)NC(=O)CN)C(=O)N[C@H](Cc1ccccc1)C(=O)NC2. The monoisotopic (exact) mass is 646 g/mol. The van der Waals surface area contributed by atoms with Gasteiger partial charge in [0, 0.05) is 19.4 Å². The number of benzene rings is 3. The molecule has 13 heteroatoms. The molecule has 3 atom stereocenters. The third-order valence-electron chi connectivity index (χ3n) is 7.59. The largest absolute Gasteiger partial charge is 0.504 e. The number of phenols is 1. The van der Waals surface area contributed by atoms with Crippen molar-refractivity contribution < 1.29 is 33.8 Å². The molecule has 0 unspecified atom stereocenters. The molecule has 250 valence electrons. The smallest absolute Gasteiger partial charge is 0.243 e. The normalized spacial score (nSPS) is 17.2. The number of hydrogen-bond acceptors (Lipinski definition) is 9. The zero-order valence-electron chi connectivity index (χ0n) is 26.7. The number of phenolic OH excluding ortho intramolecular Hbond substituents is 1. The van der Waals surface area contributed by atoms with Gasteiger partial charge < -0.3 is 47.3 Å². The van der Waals surface area contributed by atoms with Crippen LogP contribution in [-0.4, -0.2) is 60.5 Å². The van der Waals surface area contributed by atoms with Crippen LogP contribution in [0.1, 0.15) is 37.0 Å². The number of carbonyl (C=O) groups is 4. The van der Waals surface area contributed by atoms with Crippen LogP contribution >= 0.6 is 0 Å². The molecule has 0 aliphatic carbocycles. The van der Waals surface area contributed by atoms with E-state index in [1.165, 1.54) is 13.2 Å². The van der Waals surface area contributed by atoms with Crippen molar-refractivity contribution >= 4 is 29.3 Å². The summed E-state index contributed by atoms with van der Waals surface area (Å²) in [5, 5.41) is 21.7. The van der Waals surface area contributed by atoms with Gasteiger partial charge in [0.15, 0.2) is 17.2 Å². The van der Waals surface area contributed by atoms with E-state index in [1.54, 1.807) is 24.3 Å². The van der Waals surface area contributed by atoms with E-state index >= 15 is 0 Å². The van der Waals surface area contributed by atoms with E-state index in [9.17, 15) is 24.3 Å². The maximum absolute atomic E-state index is 13.9. The molecule has 0 saturated carbocycles. The van der Waals surface area contributed by atoms with Gasteiger partial charge >= 0.3 is 0 Å². The van der Waals surface area contributed by atoms with Crippen LogP contribution in [0.15, 0.2) is 60.7 Å². The van der Waals surface area contributed by atoms with Gasteiger partial charge in [-0.05, 0) is 53.3 Å². The first kappa shape index (κ1) is 34.6. The number of amides is 4. The highest BCUT2D eigenvalue weighted by Gasteiger charge is 2.31. The topological polar surface area (TPSA) is 207 Å². The number of nitrogens with one attached hydrogen (secondary N) is 4. The summed E-state index contributed by atoms with van der Waals surface area (Å²) < 4.78 is 11.4. The molecule has 0 aromatic heterocycles. The Morgan fingerprint density at radius 2 is 1.79 bits per heavy atom. The van der Waals surface area contributed by atoms with Crippen LogP contribution in [-0.2, 0) is 38.6 Å². The summed E-state index contributed by atoms with van der Waals surface area (Å²) in [6.07, 6.45) is 0.467. The van der Waals surface area contributed by atoms with Crippen molar-refractivity contribution in [2.24, 2.45) is 11.7 Å². The molecule has 9 N–H and O–H groups in total. The number of fused-ring (bicyclic) bond motifs is 9. The second kappa shape index (κ2) is 15.8. The molecule has 0 saturated heterocycles. The molecule has 4 amide bonds. The van der Waals surface area contributed by atoms with Gasteiger partial charge in [0.2, 0.25) is 29.4 Å². The standard InChI is InChI=1S/C34H42N6O7/c1-19(2)11-24(38-30(42)17-35)33(44)40-26-14-21-9-10-28(23(36)12-21)47-29-16-22(15-27(41)31(29)46-3)18-37-32(43)25(39-34(26)45)13-20-7-5-4-6-8-20/h4-10,12,15-16,19,24-26,41H,11,13-14,17-18,35-36H2,1-3H3,(H,37,43)(H,38,42)(H,39,45)(H,40,44)/t24-,25+,26-/m0/s1. The number of anilines is 1. The highest BCUT2D eigenvalue weighted by molar-refractivity contribution is 5.94. The summed E-state index contributed by atoms with van der Waals surface area (Å²) in [4.78, 5) is 53.2. The lowest BCUT2D eigenvalue weighted by molar-refractivity contribution is -0.133. The average Bonchev–Trinajstić information content (AvgIpc) is 3.03. The third kappa shape index (κ3) is 9.36. The second-order valence-corrected chi connectivity index (χ2v) is 11.8. The van der Waals surface area contributed by atoms with Gasteiger partial charge in [-0.1, -0.05) is 50.2 Å². The first-order valence-electron chi connectivity index (χ1n) is 15.3. The molecule has 0 fully saturated rings. The summed E-state index contributed by atoms with van der Waals surface area (Å²) >= 11 is 0. The summed E-state index contributed by atoms with van der Waals surface area (Å²) in [6.45, 7) is 3.49. The van der Waals surface area contributed by atoms with Gasteiger partial charge in [0.25, 0.3) is 0 Å². The number of rotatable bonds is 9. The van der Waals surface area contributed by atoms with Gasteiger partial charge in [0.1, 0.15) is 18.1 Å². The van der Waals surface area contributed by atoms with Gasteiger partial charge in [-0.2, -0.15) is 0 Å². The number of hydrogen-bond donors (Lipinski definition) is 7. The van der Waals surface area contributed by atoms with E-state index in [0.717, 1.165) is 5.56 Å². The Hall–Kier alpha value is -5.30. The van der Waals surface area contributed by atoms with Gasteiger partial charge in [-0.25, -0.2) is 0 Å². The van der Waals surface area contributed by atoms with Crippen molar-refractivity contribution in [3.8, 4) is 23.0 Å². The minimum atomic E-state index is -1.15. The predicted molar refractivity (Wildman–Crippen MR) is 176 cm³/mol. The fraction of sp³-hybridized carbons (Fsp3) is 0.353. The maximum atomic E-state index is 13.9. The minimum Gasteiger partial charge on any atom is -0.504 e. The van der Waals surface area contributed by atoms with E-state index in [-0.39, 0.29) is 60.5 Å². The number of nitrogens with two attached hydrogens (primary N) is 2. The Morgan fingerprint density at radius 3 is 2.45 bits per heavy atom. The van der Waals surface area contributed by atoms with E-state index in [0.29, 0.717) is 17.5 Å². The molecule has 5 rings (SSSR count). The second-order valence-electron chi connectivity index (χ2n) is 11.8. The molecule has 0 radical (unpaired) electrons. The quantitative estimate of drug-likeness (QED) is 0.169. The lowest BCUT2D eigenvalue weighted by Crippen LogP contribution is -2.58. The molecule has 13 nitrogen and oxygen atoms in total. The summed E-state index contributed by atoms with van der Waals surface area (Å²) in [5.74, 6) is -1.82. The maximum Gasteiger partial charge on any atom is 0.243 e. The number of aromatic hydroxyl groups is 1. The highest BCUT2D eigenvalue weighted by Crippen LogP contribution is 2.41. The van der Waals surface area contributed by atoms with Crippen LogP contribution in [0.4, 0.5) is 5.69 Å². The molecule has 47 heavy (non-hydrogen) atoms. The molecule has 2 heterocycles. The van der Waals surface area contributed by atoms with E-state index in [4.69, 9.17) is 20.9 Å². The van der Waals surface area contributed by atoms with E-state index < -0.39 is 41.8 Å². The van der Waals surface area contributed by atoms with Crippen molar-refractivity contribution in [2.45, 2.75) is 57.8 Å². The van der Waals surface area contributed by atoms with Gasteiger partial charge in [-0.3, -0.25) is 19.2 Å². The number of methoxy groups -OCH3 is 1. The minimum absolute atomic E-state index is 0.000553. The fourth-order valence-corrected chi connectivity index (χ4v) is 5.28. The summed E-state index contributed by atoms with van der Waals surface area (Å²) in [5.41, 5.74) is 14.0. The summed E-state index contributed by atoms with van der Waals surface area (Å²) in [6, 6.07) is 14.0. The lowest BCUT2D eigenvalue weighted by Gasteiger charge is -2.26. The number of nitrogen functional groups attached to an aromatic ring is 1. The number of carbonyl (C=O) groups excluding carboxylic acids is 4. The molecular weight excluding hydrogens is 604 g/mol. The third-order valence-corrected chi connectivity index (χ3v) is 7.59. The van der Waals surface area contributed by atoms with Crippen molar-refractivity contribution in [2.75, 3.05) is 19.4 Å². The Morgan fingerprint density at radius 1 is 1.04 bits per heavy atom. The molecule has 2 aliphatic heterocycles. The fourth-order valence-electron chi connectivity index (χ4n) is 5.28. The Bertz CT molecular complexity index is 1600. The Labute approximate surface area is 273 Å². The predicted octanol–water partition coefficient (Wildman–Crippen LogP) is 1.65. The molecule has 4 bridgehead atoms. The van der Waals surface area contributed by atoms with Crippen LogP contribution in [0.25, 0.3) is 0 Å². The molecule has 3 aromatic rings. The zero-order chi connectivity index (χ0) is 34.1.